The van der Waals surface area contributed by atoms with Gasteiger partial charge in [-0.15, -0.1) is 0 Å². The van der Waals surface area contributed by atoms with Crippen molar-refractivity contribution in [3.63, 3.8) is 0 Å². The summed E-state index contributed by atoms with van der Waals surface area (Å²) in [7, 11) is 0. The lowest BCUT2D eigenvalue weighted by Gasteiger charge is -2.26. The monoisotopic (exact) mass is 375 g/mol. The van der Waals surface area contributed by atoms with Gasteiger partial charge in [-0.3, -0.25) is 4.79 Å². The van der Waals surface area contributed by atoms with Gasteiger partial charge in [0.05, 0.1) is 5.69 Å². The number of fused-ring (bicyclic) bond motifs is 2. The Balaban J connectivity index is 1.93. The summed E-state index contributed by atoms with van der Waals surface area (Å²) in [5.41, 5.74) is -1.62. The summed E-state index contributed by atoms with van der Waals surface area (Å²) >= 11 is 0. The molecule has 4 rings (SSSR count). The molecular formula is C23H21NO4. The number of aliphatic hydroxyl groups is 1. The lowest BCUT2D eigenvalue weighted by Crippen LogP contribution is -2.45. The first-order chi connectivity index (χ1) is 13.2. The summed E-state index contributed by atoms with van der Waals surface area (Å²) in [4.78, 5) is 27.2. The van der Waals surface area contributed by atoms with Crippen LogP contribution in [0, 0.1) is 0 Å². The second kappa shape index (κ2) is 6.17. The maximum atomic E-state index is 13.4. The van der Waals surface area contributed by atoms with E-state index in [2.05, 4.69) is 0 Å². The Morgan fingerprint density at radius 2 is 1.54 bits per heavy atom. The van der Waals surface area contributed by atoms with E-state index >= 15 is 0 Å². The minimum absolute atomic E-state index is 0.331. The molecule has 1 aliphatic heterocycles. The van der Waals surface area contributed by atoms with Gasteiger partial charge in [0.15, 0.2) is 5.60 Å². The first-order valence-electron chi connectivity index (χ1n) is 9.11. The average molecular weight is 375 g/mol. The highest BCUT2D eigenvalue weighted by Gasteiger charge is 2.54. The fraction of sp³-hybridized carbons (Fsp3) is 0.217. The van der Waals surface area contributed by atoms with Crippen molar-refractivity contribution in [3.8, 4) is 0 Å². The first kappa shape index (κ1) is 18.2. The second-order valence-corrected chi connectivity index (χ2v) is 7.88. The molecule has 0 aliphatic carbocycles. The Labute approximate surface area is 163 Å². The Bertz CT molecular complexity index is 1090. The number of imide groups is 1. The van der Waals surface area contributed by atoms with Gasteiger partial charge >= 0.3 is 6.09 Å². The van der Waals surface area contributed by atoms with Crippen molar-refractivity contribution in [2.45, 2.75) is 32.0 Å². The Morgan fingerprint density at radius 3 is 2.29 bits per heavy atom. The molecule has 1 atom stereocenters. The highest BCUT2D eigenvalue weighted by atomic mass is 16.6. The molecule has 1 heterocycles. The van der Waals surface area contributed by atoms with E-state index in [1.54, 1.807) is 57.2 Å². The van der Waals surface area contributed by atoms with Crippen molar-refractivity contribution >= 4 is 28.5 Å². The molecule has 28 heavy (non-hydrogen) atoms. The van der Waals surface area contributed by atoms with Crippen LogP contribution >= 0.6 is 0 Å². The third kappa shape index (κ3) is 2.67. The van der Waals surface area contributed by atoms with E-state index in [0.717, 1.165) is 15.7 Å². The van der Waals surface area contributed by atoms with E-state index in [1.807, 2.05) is 30.3 Å². The lowest BCUT2D eigenvalue weighted by molar-refractivity contribution is -0.131. The van der Waals surface area contributed by atoms with Gasteiger partial charge < -0.3 is 9.84 Å². The van der Waals surface area contributed by atoms with Crippen LogP contribution < -0.4 is 4.90 Å². The van der Waals surface area contributed by atoms with Gasteiger partial charge in [0.2, 0.25) is 0 Å². The molecule has 0 fully saturated rings. The molecule has 0 saturated heterocycles. The molecule has 0 radical (unpaired) electrons. The zero-order valence-corrected chi connectivity index (χ0v) is 16.0. The van der Waals surface area contributed by atoms with Gasteiger partial charge in [-0.25, -0.2) is 9.69 Å². The van der Waals surface area contributed by atoms with Crippen molar-refractivity contribution in [2.24, 2.45) is 0 Å². The van der Waals surface area contributed by atoms with Crippen LogP contribution in [0.4, 0.5) is 10.5 Å². The number of para-hydroxylation sites is 1. The molecule has 0 spiro atoms. The minimum atomic E-state index is -1.98. The molecule has 2 amide bonds. The van der Waals surface area contributed by atoms with Crippen LogP contribution in [0.2, 0.25) is 0 Å². The van der Waals surface area contributed by atoms with Crippen LogP contribution in [-0.4, -0.2) is 22.7 Å². The summed E-state index contributed by atoms with van der Waals surface area (Å²) in [5.74, 6) is -0.737. The Kier molecular flexibility index (Phi) is 4.01. The van der Waals surface area contributed by atoms with Crippen LogP contribution in [0.5, 0.6) is 0 Å². The van der Waals surface area contributed by atoms with Crippen molar-refractivity contribution < 1.29 is 19.4 Å². The smallest absolute Gasteiger partial charge is 0.421 e. The van der Waals surface area contributed by atoms with Crippen LogP contribution in [0.1, 0.15) is 31.9 Å². The Hall–Kier alpha value is -3.18. The molecule has 0 unspecified atom stereocenters. The molecule has 0 saturated carbocycles. The third-order valence-electron chi connectivity index (χ3n) is 4.80. The zero-order chi connectivity index (χ0) is 20.1. The van der Waals surface area contributed by atoms with Crippen molar-refractivity contribution in [3.05, 3.63) is 77.9 Å². The fourth-order valence-corrected chi connectivity index (χ4v) is 3.65. The number of benzene rings is 3. The summed E-state index contributed by atoms with van der Waals surface area (Å²) in [5, 5.41) is 13.3. The number of anilines is 1. The van der Waals surface area contributed by atoms with E-state index in [0.29, 0.717) is 16.8 Å². The molecule has 0 aromatic heterocycles. The second-order valence-electron chi connectivity index (χ2n) is 7.88. The lowest BCUT2D eigenvalue weighted by atomic mass is 9.84. The van der Waals surface area contributed by atoms with E-state index in [-0.39, 0.29) is 0 Å². The van der Waals surface area contributed by atoms with Gasteiger partial charge in [0.25, 0.3) is 5.91 Å². The van der Waals surface area contributed by atoms with Crippen molar-refractivity contribution in [1.82, 2.24) is 0 Å². The van der Waals surface area contributed by atoms with Crippen molar-refractivity contribution in [2.75, 3.05) is 4.90 Å². The van der Waals surface area contributed by atoms with E-state index in [1.165, 1.54) is 0 Å². The molecule has 5 heteroatoms. The number of carbonyl (C=O) groups excluding carboxylic acids is 2. The largest absolute Gasteiger partial charge is 0.443 e. The maximum Gasteiger partial charge on any atom is 0.421 e. The SMILES string of the molecule is CC(C)(C)OC(=O)N1C(=O)[C@@](O)(c2cccc3ccccc23)c2ccccc21. The van der Waals surface area contributed by atoms with Crippen LogP contribution in [0.15, 0.2) is 66.7 Å². The first-order valence-corrected chi connectivity index (χ1v) is 9.11. The number of hydrogen-bond donors (Lipinski definition) is 1. The van der Waals surface area contributed by atoms with Crippen LogP contribution in [-0.2, 0) is 15.1 Å². The number of rotatable bonds is 1. The fourth-order valence-electron chi connectivity index (χ4n) is 3.65. The maximum absolute atomic E-state index is 13.4. The van der Waals surface area contributed by atoms with E-state index in [9.17, 15) is 14.7 Å². The predicted molar refractivity (Wildman–Crippen MR) is 107 cm³/mol. The highest BCUT2D eigenvalue weighted by molar-refractivity contribution is 6.22. The molecule has 5 nitrogen and oxygen atoms in total. The molecule has 1 aliphatic rings. The summed E-state index contributed by atoms with van der Waals surface area (Å²) in [6, 6.07) is 19.7. The normalized spacial score (nSPS) is 19.0. The van der Waals surface area contributed by atoms with E-state index in [4.69, 9.17) is 4.74 Å². The molecule has 3 aromatic rings. The van der Waals surface area contributed by atoms with Gasteiger partial charge in [-0.2, -0.15) is 0 Å². The van der Waals surface area contributed by atoms with E-state index < -0.39 is 23.2 Å². The van der Waals surface area contributed by atoms with Gasteiger partial charge in [-0.1, -0.05) is 60.7 Å². The molecule has 1 N–H and O–H groups in total. The van der Waals surface area contributed by atoms with Crippen LogP contribution in [0.3, 0.4) is 0 Å². The Morgan fingerprint density at radius 1 is 0.929 bits per heavy atom. The topological polar surface area (TPSA) is 66.8 Å². The predicted octanol–water partition coefficient (Wildman–Crippen LogP) is 4.36. The number of hydrogen-bond acceptors (Lipinski definition) is 4. The quantitative estimate of drug-likeness (QED) is 0.686. The highest BCUT2D eigenvalue weighted by Crippen LogP contribution is 2.46. The third-order valence-corrected chi connectivity index (χ3v) is 4.80. The average Bonchev–Trinajstić information content (AvgIpc) is 2.88. The number of amides is 2. The summed E-state index contributed by atoms with van der Waals surface area (Å²) in [6.07, 6.45) is -0.805. The van der Waals surface area contributed by atoms with Gasteiger partial charge in [0.1, 0.15) is 5.60 Å². The molecule has 142 valence electrons. The molecule has 0 bridgehead atoms. The number of nitrogens with zero attached hydrogens (tertiary/aromatic N) is 1. The van der Waals surface area contributed by atoms with Gasteiger partial charge in [-0.05, 0) is 37.6 Å². The molecular weight excluding hydrogens is 354 g/mol. The summed E-state index contributed by atoms with van der Waals surface area (Å²) in [6.45, 7) is 5.19. The van der Waals surface area contributed by atoms with Crippen molar-refractivity contribution in [1.29, 1.82) is 0 Å². The molecule has 3 aromatic carbocycles. The summed E-state index contributed by atoms with van der Waals surface area (Å²) < 4.78 is 5.42. The standard InChI is InChI=1S/C23H21NO4/c1-22(2,3)28-21(26)24-19-14-7-6-12-18(19)23(27,20(24)25)17-13-8-10-15-9-4-5-11-16(15)17/h4-14,27H,1-3H3/t23-/m1/s1. The minimum Gasteiger partial charge on any atom is -0.443 e. The number of ether oxygens (including phenoxy) is 1. The van der Waals surface area contributed by atoms with Crippen LogP contribution in [0.25, 0.3) is 10.8 Å². The zero-order valence-electron chi connectivity index (χ0n) is 16.0. The number of carbonyl (C=O) groups is 2. The van der Waals surface area contributed by atoms with Gasteiger partial charge in [0, 0.05) is 11.1 Å².